The van der Waals surface area contributed by atoms with Gasteiger partial charge in [-0.15, -0.1) is 0 Å². The third-order valence-electron chi connectivity index (χ3n) is 2.56. The lowest BCUT2D eigenvalue weighted by atomic mass is 10.2. The minimum atomic E-state index is -0.835. The number of benzene rings is 1. The van der Waals surface area contributed by atoms with E-state index < -0.39 is 22.9 Å². The monoisotopic (exact) mass is 281 g/mol. The Morgan fingerprint density at radius 3 is 2.65 bits per heavy atom. The Morgan fingerprint density at radius 2 is 2.00 bits per heavy atom. The highest BCUT2D eigenvalue weighted by molar-refractivity contribution is 5.36. The molecule has 0 aliphatic carbocycles. The van der Waals surface area contributed by atoms with E-state index in [0.29, 0.717) is 6.61 Å². The van der Waals surface area contributed by atoms with Gasteiger partial charge >= 0.3 is 0 Å². The maximum atomic E-state index is 13.8. The molecule has 1 N–H and O–H groups in total. The summed E-state index contributed by atoms with van der Waals surface area (Å²) in [6.45, 7) is 2.22. The Morgan fingerprint density at radius 1 is 1.30 bits per heavy atom. The molecule has 0 aliphatic rings. The molecule has 20 heavy (non-hydrogen) atoms. The van der Waals surface area contributed by atoms with Crippen LogP contribution in [0.1, 0.15) is 12.7 Å². The predicted molar refractivity (Wildman–Crippen MR) is 68.2 cm³/mol. The Balaban J connectivity index is 2.52. The summed E-state index contributed by atoms with van der Waals surface area (Å²) in [5, 5.41) is 0. The zero-order chi connectivity index (χ0) is 14.5. The number of hydrogen-bond donors (Lipinski definition) is 1. The van der Waals surface area contributed by atoms with Crippen molar-refractivity contribution in [3.63, 3.8) is 0 Å². The minimum absolute atomic E-state index is 0.0394. The lowest BCUT2D eigenvalue weighted by molar-refractivity contribution is 0.0443. The van der Waals surface area contributed by atoms with Gasteiger partial charge in [-0.05, 0) is 19.1 Å². The summed E-state index contributed by atoms with van der Waals surface area (Å²) in [5.74, 6) is -1.52. The van der Waals surface area contributed by atoms with Crippen molar-refractivity contribution >= 4 is 0 Å². The van der Waals surface area contributed by atoms with Crippen molar-refractivity contribution in [2.45, 2.75) is 13.5 Å². The van der Waals surface area contributed by atoms with Gasteiger partial charge in [0, 0.05) is 12.3 Å². The first kappa shape index (κ1) is 14.3. The fourth-order valence-corrected chi connectivity index (χ4v) is 1.73. The second-order valence-electron chi connectivity index (χ2n) is 3.86. The van der Waals surface area contributed by atoms with Crippen molar-refractivity contribution in [1.82, 2.24) is 15.0 Å². The molecule has 1 aromatic carbocycles. The topological polar surface area (TPSA) is 56.1 Å². The third kappa shape index (κ3) is 2.89. The van der Waals surface area contributed by atoms with Gasteiger partial charge in [0.05, 0.1) is 13.2 Å². The summed E-state index contributed by atoms with van der Waals surface area (Å²) in [6, 6.07) is 4.53. The van der Waals surface area contributed by atoms with Crippen LogP contribution in [0.25, 0.3) is 5.69 Å². The van der Waals surface area contributed by atoms with Gasteiger partial charge in [0.25, 0.3) is 5.56 Å². The molecule has 1 aromatic heterocycles. The zero-order valence-electron chi connectivity index (χ0n) is 10.8. The Bertz CT molecular complexity index is 638. The first-order valence-electron chi connectivity index (χ1n) is 6.01. The molecule has 5 nitrogen and oxygen atoms in total. The molecule has 106 valence electrons. The first-order valence-corrected chi connectivity index (χ1v) is 6.01. The highest BCUT2D eigenvalue weighted by Crippen LogP contribution is 2.16. The number of nitrogens with zero attached hydrogens (tertiary/aromatic N) is 2. The van der Waals surface area contributed by atoms with E-state index in [-0.39, 0.29) is 12.4 Å². The number of rotatable bonds is 5. The van der Waals surface area contributed by atoms with Crippen LogP contribution in [0.4, 0.5) is 8.78 Å². The van der Waals surface area contributed by atoms with Gasteiger partial charge < -0.3 is 4.84 Å². The van der Waals surface area contributed by atoms with Gasteiger partial charge in [-0.2, -0.15) is 5.48 Å². The molecule has 0 aliphatic heterocycles. The van der Waals surface area contributed by atoms with Crippen molar-refractivity contribution in [3.8, 4) is 5.69 Å². The maximum Gasteiger partial charge on any atom is 0.258 e. The summed E-state index contributed by atoms with van der Waals surface area (Å²) in [5.41, 5.74) is 1.54. The van der Waals surface area contributed by atoms with Gasteiger partial charge in [0.1, 0.15) is 23.1 Å². The molecule has 1 heterocycles. The average molecular weight is 281 g/mol. The number of aromatic nitrogens is 2. The van der Waals surface area contributed by atoms with Crippen LogP contribution in [-0.4, -0.2) is 16.2 Å². The number of hydroxylamine groups is 1. The normalized spacial score (nSPS) is 10.8. The molecule has 0 amide bonds. The van der Waals surface area contributed by atoms with E-state index in [1.54, 1.807) is 6.92 Å². The average Bonchev–Trinajstić information content (AvgIpc) is 2.41. The molecule has 0 spiro atoms. The SMILES string of the molecule is CCONCc1nccc(=O)n1-c1c(F)cccc1F. The van der Waals surface area contributed by atoms with Crippen LogP contribution in [0.2, 0.25) is 0 Å². The van der Waals surface area contributed by atoms with Crippen molar-refractivity contribution in [2.24, 2.45) is 0 Å². The molecule has 0 unspecified atom stereocenters. The molecule has 0 fully saturated rings. The van der Waals surface area contributed by atoms with Gasteiger partial charge in [-0.3, -0.25) is 9.36 Å². The van der Waals surface area contributed by atoms with Crippen molar-refractivity contribution in [2.75, 3.05) is 6.61 Å². The first-order chi connectivity index (χ1) is 9.65. The lowest BCUT2D eigenvalue weighted by Crippen LogP contribution is -2.27. The van der Waals surface area contributed by atoms with Gasteiger partial charge in [0.15, 0.2) is 0 Å². The minimum Gasteiger partial charge on any atom is -0.302 e. The second-order valence-corrected chi connectivity index (χ2v) is 3.86. The Labute approximate surface area is 113 Å². The molecule has 0 saturated heterocycles. The third-order valence-corrected chi connectivity index (χ3v) is 2.56. The fraction of sp³-hybridized carbons (Fsp3) is 0.231. The van der Waals surface area contributed by atoms with E-state index >= 15 is 0 Å². The van der Waals surface area contributed by atoms with E-state index in [4.69, 9.17) is 4.84 Å². The fourth-order valence-electron chi connectivity index (χ4n) is 1.73. The van der Waals surface area contributed by atoms with Gasteiger partial charge in [-0.1, -0.05) is 6.07 Å². The molecule has 7 heteroatoms. The molecule has 0 bridgehead atoms. The van der Waals surface area contributed by atoms with Crippen LogP contribution in [0, 0.1) is 11.6 Å². The molecular formula is C13H13F2N3O2. The highest BCUT2D eigenvalue weighted by Gasteiger charge is 2.16. The predicted octanol–water partition coefficient (Wildman–Crippen LogP) is 1.55. The van der Waals surface area contributed by atoms with Crippen molar-refractivity contribution < 1.29 is 13.6 Å². The van der Waals surface area contributed by atoms with Crippen LogP contribution in [0.3, 0.4) is 0 Å². The molecule has 2 aromatic rings. The van der Waals surface area contributed by atoms with E-state index in [9.17, 15) is 13.6 Å². The molecule has 0 atom stereocenters. The quantitative estimate of drug-likeness (QED) is 0.667. The Hall–Kier alpha value is -2.12. The van der Waals surface area contributed by atoms with Crippen molar-refractivity contribution in [1.29, 1.82) is 0 Å². The summed E-state index contributed by atoms with van der Waals surface area (Å²) in [7, 11) is 0. The molecule has 0 radical (unpaired) electrons. The van der Waals surface area contributed by atoms with Gasteiger partial charge in [-0.25, -0.2) is 13.8 Å². The number of para-hydroxylation sites is 1. The largest absolute Gasteiger partial charge is 0.302 e. The Kier molecular flexibility index (Phi) is 4.54. The van der Waals surface area contributed by atoms with E-state index in [1.165, 1.54) is 12.3 Å². The van der Waals surface area contributed by atoms with E-state index in [2.05, 4.69) is 10.5 Å². The highest BCUT2D eigenvalue weighted by atomic mass is 19.1. The van der Waals surface area contributed by atoms with Crippen LogP contribution < -0.4 is 11.0 Å². The standard InChI is InChI=1S/C13H13F2N3O2/c1-2-20-17-8-11-16-7-6-12(19)18(11)13-9(14)4-3-5-10(13)15/h3-7,17H,2,8H2,1H3. The molecule has 2 rings (SSSR count). The van der Waals surface area contributed by atoms with E-state index in [0.717, 1.165) is 22.8 Å². The number of hydrogen-bond acceptors (Lipinski definition) is 4. The maximum absolute atomic E-state index is 13.8. The lowest BCUT2D eigenvalue weighted by Gasteiger charge is -2.13. The zero-order valence-corrected chi connectivity index (χ0v) is 10.8. The summed E-state index contributed by atoms with van der Waals surface area (Å²) < 4.78 is 28.5. The molecular weight excluding hydrogens is 268 g/mol. The molecule has 0 saturated carbocycles. The van der Waals surface area contributed by atoms with Crippen LogP contribution >= 0.6 is 0 Å². The number of halogens is 2. The second kappa shape index (κ2) is 6.36. The van der Waals surface area contributed by atoms with Crippen LogP contribution in [0.15, 0.2) is 35.3 Å². The van der Waals surface area contributed by atoms with Crippen molar-refractivity contribution in [3.05, 3.63) is 58.3 Å². The van der Waals surface area contributed by atoms with Crippen LogP contribution in [0.5, 0.6) is 0 Å². The summed E-state index contributed by atoms with van der Waals surface area (Å²) in [6.07, 6.45) is 1.28. The van der Waals surface area contributed by atoms with Gasteiger partial charge in [0.2, 0.25) is 0 Å². The number of nitrogens with one attached hydrogen (secondary N) is 1. The smallest absolute Gasteiger partial charge is 0.258 e. The van der Waals surface area contributed by atoms with E-state index in [1.807, 2.05) is 0 Å². The summed E-state index contributed by atoms with van der Waals surface area (Å²) in [4.78, 5) is 20.8. The van der Waals surface area contributed by atoms with Crippen LogP contribution in [-0.2, 0) is 11.4 Å². The summed E-state index contributed by atoms with van der Waals surface area (Å²) >= 11 is 0.